The summed E-state index contributed by atoms with van der Waals surface area (Å²) < 4.78 is 0. The second-order valence-corrected chi connectivity index (χ2v) is 8.53. The highest BCUT2D eigenvalue weighted by molar-refractivity contribution is 5.79. The van der Waals surface area contributed by atoms with E-state index in [-0.39, 0.29) is 12.0 Å². The summed E-state index contributed by atoms with van der Waals surface area (Å²) in [5, 5.41) is 16.4. The minimum atomic E-state index is 0.222. The van der Waals surface area contributed by atoms with Crippen molar-refractivity contribution in [1.82, 2.24) is 15.5 Å². The van der Waals surface area contributed by atoms with Gasteiger partial charge in [0, 0.05) is 26.2 Å². The van der Waals surface area contributed by atoms with Crippen molar-refractivity contribution in [3.05, 3.63) is 0 Å². The maximum Gasteiger partial charge on any atom is 0.191 e. The molecule has 0 atom stereocenters. The number of aliphatic hydroxyl groups excluding tert-OH is 1. The minimum Gasteiger partial charge on any atom is -0.396 e. The lowest BCUT2D eigenvalue weighted by molar-refractivity contribution is 0.137. The zero-order valence-corrected chi connectivity index (χ0v) is 17.2. The third kappa shape index (κ3) is 7.43. The quantitative estimate of drug-likeness (QED) is 0.333. The second kappa shape index (κ2) is 11.8. The summed E-state index contributed by atoms with van der Waals surface area (Å²) in [5.41, 5.74) is 0.222. The molecular weight excluding hydrogens is 324 g/mol. The van der Waals surface area contributed by atoms with Gasteiger partial charge in [0.2, 0.25) is 0 Å². The molecule has 1 saturated heterocycles. The van der Waals surface area contributed by atoms with E-state index < -0.39 is 0 Å². The van der Waals surface area contributed by atoms with Gasteiger partial charge in [-0.05, 0) is 76.4 Å². The zero-order valence-electron chi connectivity index (χ0n) is 17.2. The van der Waals surface area contributed by atoms with Gasteiger partial charge in [0.1, 0.15) is 0 Å². The summed E-state index contributed by atoms with van der Waals surface area (Å²) in [6.45, 7) is 11.2. The Balaban J connectivity index is 1.74. The number of guanidine groups is 1. The number of likely N-dealkylation sites (tertiary alicyclic amines) is 1. The molecular formula is C21H42N4O. The van der Waals surface area contributed by atoms with Crippen molar-refractivity contribution in [1.29, 1.82) is 0 Å². The Bertz CT molecular complexity index is 393. The number of hydrogen-bond donors (Lipinski definition) is 3. The van der Waals surface area contributed by atoms with Gasteiger partial charge in [-0.3, -0.25) is 4.99 Å². The molecule has 1 aliphatic heterocycles. The first-order valence-corrected chi connectivity index (χ1v) is 11.0. The summed E-state index contributed by atoms with van der Waals surface area (Å²) in [6.07, 6.45) is 11.1. The topological polar surface area (TPSA) is 59.9 Å². The number of piperidine rings is 1. The predicted octanol–water partition coefficient (Wildman–Crippen LogP) is 3.00. The van der Waals surface area contributed by atoms with Gasteiger partial charge in [0.05, 0.1) is 0 Å². The fourth-order valence-corrected chi connectivity index (χ4v) is 4.41. The predicted molar refractivity (Wildman–Crippen MR) is 111 cm³/mol. The Kier molecular flexibility index (Phi) is 9.76. The Morgan fingerprint density at radius 1 is 1.15 bits per heavy atom. The van der Waals surface area contributed by atoms with Gasteiger partial charge >= 0.3 is 0 Å². The fraction of sp³-hybridized carbons (Fsp3) is 0.952. The van der Waals surface area contributed by atoms with Crippen molar-refractivity contribution in [2.45, 2.75) is 71.6 Å². The van der Waals surface area contributed by atoms with E-state index in [2.05, 4.69) is 29.4 Å². The summed E-state index contributed by atoms with van der Waals surface area (Å²) in [5.74, 6) is 1.85. The maximum atomic E-state index is 9.48. The van der Waals surface area contributed by atoms with E-state index in [1.165, 1.54) is 71.0 Å². The molecule has 26 heavy (non-hydrogen) atoms. The van der Waals surface area contributed by atoms with Crippen molar-refractivity contribution in [3.8, 4) is 0 Å². The minimum absolute atomic E-state index is 0.222. The molecule has 0 amide bonds. The third-order valence-corrected chi connectivity index (χ3v) is 6.29. The van der Waals surface area contributed by atoms with Crippen LogP contribution in [0.25, 0.3) is 0 Å². The molecule has 5 nitrogen and oxygen atoms in total. The first-order valence-electron chi connectivity index (χ1n) is 11.0. The van der Waals surface area contributed by atoms with E-state index in [9.17, 15) is 5.11 Å². The summed E-state index contributed by atoms with van der Waals surface area (Å²) in [4.78, 5) is 7.49. The van der Waals surface area contributed by atoms with E-state index in [1.807, 2.05) is 0 Å². The molecule has 0 radical (unpaired) electrons. The Hall–Kier alpha value is -0.810. The smallest absolute Gasteiger partial charge is 0.191 e. The van der Waals surface area contributed by atoms with Crippen molar-refractivity contribution in [3.63, 3.8) is 0 Å². The third-order valence-electron chi connectivity index (χ3n) is 6.29. The number of aliphatic imine (C=N–C) groups is 1. The van der Waals surface area contributed by atoms with Crippen LogP contribution < -0.4 is 10.6 Å². The van der Waals surface area contributed by atoms with Gasteiger partial charge < -0.3 is 20.6 Å². The molecule has 3 N–H and O–H groups in total. The van der Waals surface area contributed by atoms with Crippen LogP contribution in [0.5, 0.6) is 0 Å². The summed E-state index contributed by atoms with van der Waals surface area (Å²) in [6, 6.07) is 0. The van der Waals surface area contributed by atoms with Crippen LogP contribution in [0.1, 0.15) is 71.6 Å². The molecule has 1 heterocycles. The average molecular weight is 367 g/mol. The van der Waals surface area contributed by atoms with Crippen molar-refractivity contribution >= 4 is 5.96 Å². The van der Waals surface area contributed by atoms with E-state index in [0.717, 1.165) is 37.9 Å². The monoisotopic (exact) mass is 366 g/mol. The fourth-order valence-electron chi connectivity index (χ4n) is 4.41. The van der Waals surface area contributed by atoms with Crippen LogP contribution in [0.3, 0.4) is 0 Å². The van der Waals surface area contributed by atoms with Crippen LogP contribution in [-0.2, 0) is 0 Å². The first kappa shape index (κ1) is 21.5. The highest BCUT2D eigenvalue weighted by Crippen LogP contribution is 2.39. The lowest BCUT2D eigenvalue weighted by Gasteiger charge is -2.35. The molecule has 0 aromatic carbocycles. The Labute approximate surface area is 161 Å². The molecule has 2 fully saturated rings. The summed E-state index contributed by atoms with van der Waals surface area (Å²) >= 11 is 0. The molecule has 0 bridgehead atoms. The number of nitrogens with one attached hydrogen (secondary N) is 2. The van der Waals surface area contributed by atoms with E-state index in [1.54, 1.807) is 0 Å². The molecule has 1 aliphatic carbocycles. The van der Waals surface area contributed by atoms with Crippen molar-refractivity contribution in [2.75, 3.05) is 45.9 Å². The van der Waals surface area contributed by atoms with Gasteiger partial charge in [-0.25, -0.2) is 0 Å². The SMILES string of the molecule is CCNC(=NCC1(CCO)CCCCC1)NCCCN1CCC(C)CC1. The van der Waals surface area contributed by atoms with Gasteiger partial charge in [0.15, 0.2) is 5.96 Å². The Morgan fingerprint density at radius 2 is 1.88 bits per heavy atom. The lowest BCUT2D eigenvalue weighted by Crippen LogP contribution is -2.41. The maximum absolute atomic E-state index is 9.48. The molecule has 1 saturated carbocycles. The highest BCUT2D eigenvalue weighted by atomic mass is 16.3. The van der Waals surface area contributed by atoms with Gasteiger partial charge in [-0.15, -0.1) is 0 Å². The number of aliphatic hydroxyl groups is 1. The molecule has 5 heteroatoms. The average Bonchev–Trinajstić information content (AvgIpc) is 2.65. The van der Waals surface area contributed by atoms with Gasteiger partial charge in [0.25, 0.3) is 0 Å². The highest BCUT2D eigenvalue weighted by Gasteiger charge is 2.31. The van der Waals surface area contributed by atoms with E-state index in [4.69, 9.17) is 4.99 Å². The van der Waals surface area contributed by atoms with Crippen LogP contribution >= 0.6 is 0 Å². The van der Waals surface area contributed by atoms with Crippen LogP contribution in [0.2, 0.25) is 0 Å². The normalized spacial score (nSPS) is 22.3. The van der Waals surface area contributed by atoms with Crippen LogP contribution in [0.15, 0.2) is 4.99 Å². The van der Waals surface area contributed by atoms with Crippen LogP contribution in [0.4, 0.5) is 0 Å². The Morgan fingerprint density at radius 3 is 2.54 bits per heavy atom. The standard InChI is InChI=1S/C21H42N4O/c1-3-22-20(23-13-7-14-25-15-8-19(2)9-16-25)24-18-21(12-17-26)10-5-4-6-11-21/h19,26H,3-18H2,1-2H3,(H2,22,23,24). The zero-order chi connectivity index (χ0) is 18.7. The second-order valence-electron chi connectivity index (χ2n) is 8.53. The molecule has 0 aromatic rings. The lowest BCUT2D eigenvalue weighted by atomic mass is 9.72. The first-order chi connectivity index (χ1) is 12.7. The number of nitrogens with zero attached hydrogens (tertiary/aromatic N) is 2. The van der Waals surface area contributed by atoms with Gasteiger partial charge in [-0.1, -0.05) is 26.2 Å². The number of hydrogen-bond acceptors (Lipinski definition) is 3. The van der Waals surface area contributed by atoms with E-state index >= 15 is 0 Å². The number of rotatable bonds is 9. The molecule has 152 valence electrons. The largest absolute Gasteiger partial charge is 0.396 e. The summed E-state index contributed by atoms with van der Waals surface area (Å²) in [7, 11) is 0. The van der Waals surface area contributed by atoms with Gasteiger partial charge in [-0.2, -0.15) is 0 Å². The molecule has 2 rings (SSSR count). The van der Waals surface area contributed by atoms with Crippen molar-refractivity contribution in [2.24, 2.45) is 16.3 Å². The molecule has 0 spiro atoms. The van der Waals surface area contributed by atoms with E-state index in [0.29, 0.717) is 0 Å². The van der Waals surface area contributed by atoms with Crippen molar-refractivity contribution < 1.29 is 5.11 Å². The molecule has 0 unspecified atom stereocenters. The molecule has 2 aliphatic rings. The van der Waals surface area contributed by atoms with Crippen LogP contribution in [-0.4, -0.2) is 61.8 Å². The molecule has 0 aromatic heterocycles. The van der Waals surface area contributed by atoms with Crippen LogP contribution in [0, 0.1) is 11.3 Å².